The molecule has 16 heavy (non-hydrogen) atoms. The fourth-order valence-corrected chi connectivity index (χ4v) is 1.66. The van der Waals surface area contributed by atoms with Gasteiger partial charge in [-0.3, -0.25) is 9.59 Å². The predicted octanol–water partition coefficient (Wildman–Crippen LogP) is 0.628. The number of ketones is 1. The number of carbonyl (C=O) groups is 3. The van der Waals surface area contributed by atoms with E-state index < -0.39 is 17.4 Å². The van der Waals surface area contributed by atoms with Gasteiger partial charge in [-0.2, -0.15) is 0 Å². The van der Waals surface area contributed by atoms with Crippen LogP contribution in [0.1, 0.15) is 19.8 Å². The Hall–Kier alpha value is -1.65. The summed E-state index contributed by atoms with van der Waals surface area (Å²) >= 11 is 0. The van der Waals surface area contributed by atoms with E-state index >= 15 is 0 Å². The Morgan fingerprint density at radius 1 is 1.31 bits per heavy atom. The third-order valence-corrected chi connectivity index (χ3v) is 2.69. The predicted molar refractivity (Wildman–Crippen MR) is 54.5 cm³/mol. The number of methoxy groups -OCH3 is 2. The highest BCUT2D eigenvalue weighted by atomic mass is 16.5. The Bertz CT molecular complexity index is 369. The average Bonchev–Trinajstić information content (AvgIpc) is 2.30. The quantitative estimate of drug-likeness (QED) is 0.510. The Morgan fingerprint density at radius 2 is 1.94 bits per heavy atom. The summed E-state index contributed by atoms with van der Waals surface area (Å²) in [4.78, 5) is 34.3. The molecule has 0 amide bonds. The minimum Gasteiger partial charge on any atom is -0.468 e. The van der Waals surface area contributed by atoms with Crippen LogP contribution in [0.2, 0.25) is 0 Å². The third kappa shape index (κ3) is 2.13. The summed E-state index contributed by atoms with van der Waals surface area (Å²) < 4.78 is 9.13. The molecule has 0 fully saturated rings. The molecule has 1 rings (SSSR count). The van der Waals surface area contributed by atoms with E-state index in [9.17, 15) is 14.4 Å². The second-order valence-corrected chi connectivity index (χ2v) is 3.88. The number of rotatable bonds is 2. The molecule has 0 heterocycles. The number of hydrogen-bond acceptors (Lipinski definition) is 5. The lowest BCUT2D eigenvalue weighted by Crippen LogP contribution is -2.34. The van der Waals surface area contributed by atoms with Crippen LogP contribution in [0.15, 0.2) is 11.6 Å². The Labute approximate surface area is 93.4 Å². The third-order valence-electron chi connectivity index (χ3n) is 2.69. The van der Waals surface area contributed by atoms with Crippen molar-refractivity contribution in [3.63, 3.8) is 0 Å². The Kier molecular flexibility index (Phi) is 3.47. The molecule has 1 aliphatic carbocycles. The average molecular weight is 226 g/mol. The summed E-state index contributed by atoms with van der Waals surface area (Å²) in [7, 11) is 2.47. The van der Waals surface area contributed by atoms with Crippen molar-refractivity contribution in [1.82, 2.24) is 0 Å². The van der Waals surface area contributed by atoms with E-state index in [0.717, 1.165) is 0 Å². The summed E-state index contributed by atoms with van der Waals surface area (Å²) in [6, 6.07) is 0. The summed E-state index contributed by atoms with van der Waals surface area (Å²) in [5.41, 5.74) is -0.992. The minimum absolute atomic E-state index is 0.0679. The Morgan fingerprint density at radius 3 is 2.44 bits per heavy atom. The zero-order valence-corrected chi connectivity index (χ0v) is 9.53. The molecule has 0 aliphatic heterocycles. The van der Waals surface area contributed by atoms with Gasteiger partial charge in [0.2, 0.25) is 0 Å². The van der Waals surface area contributed by atoms with Crippen molar-refractivity contribution < 1.29 is 23.9 Å². The van der Waals surface area contributed by atoms with Crippen LogP contribution >= 0.6 is 0 Å². The molecule has 0 N–H and O–H groups in total. The Balaban J connectivity index is 3.10. The van der Waals surface area contributed by atoms with Gasteiger partial charge in [0, 0.05) is 6.42 Å². The first-order valence-electron chi connectivity index (χ1n) is 4.87. The van der Waals surface area contributed by atoms with Crippen LogP contribution in [0.4, 0.5) is 0 Å². The van der Waals surface area contributed by atoms with Crippen LogP contribution < -0.4 is 0 Å². The molecule has 1 atom stereocenters. The molecule has 1 unspecified atom stereocenters. The van der Waals surface area contributed by atoms with E-state index in [1.54, 1.807) is 6.92 Å². The zero-order valence-electron chi connectivity index (χ0n) is 9.53. The molecule has 0 saturated carbocycles. The molecule has 0 aromatic heterocycles. The highest BCUT2D eigenvalue weighted by molar-refractivity contribution is 6.18. The van der Waals surface area contributed by atoms with Gasteiger partial charge in [-0.25, -0.2) is 4.79 Å². The lowest BCUT2D eigenvalue weighted by Gasteiger charge is -2.27. The first-order valence-corrected chi connectivity index (χ1v) is 4.87. The second kappa shape index (κ2) is 4.47. The summed E-state index contributed by atoms with van der Waals surface area (Å²) in [6.07, 6.45) is 1.84. The number of esters is 2. The van der Waals surface area contributed by atoms with Gasteiger partial charge in [-0.1, -0.05) is 0 Å². The molecule has 88 valence electrons. The van der Waals surface area contributed by atoms with Crippen molar-refractivity contribution in [2.75, 3.05) is 14.2 Å². The summed E-state index contributed by atoms with van der Waals surface area (Å²) in [5, 5.41) is 0. The van der Waals surface area contributed by atoms with Gasteiger partial charge in [-0.05, 0) is 19.4 Å². The van der Waals surface area contributed by atoms with Crippen molar-refractivity contribution in [1.29, 1.82) is 0 Å². The maximum absolute atomic E-state index is 11.5. The summed E-state index contributed by atoms with van der Waals surface area (Å²) in [5.74, 6) is -1.46. The van der Waals surface area contributed by atoms with Gasteiger partial charge < -0.3 is 9.47 Å². The smallest absolute Gasteiger partial charge is 0.341 e. The van der Waals surface area contributed by atoms with Crippen LogP contribution in [0.5, 0.6) is 0 Å². The zero-order chi connectivity index (χ0) is 12.3. The van der Waals surface area contributed by atoms with E-state index in [1.807, 2.05) is 0 Å². The topological polar surface area (TPSA) is 69.7 Å². The van der Waals surface area contributed by atoms with Gasteiger partial charge in [0.1, 0.15) is 0 Å². The highest BCUT2D eigenvalue weighted by Gasteiger charge is 2.39. The van der Waals surface area contributed by atoms with Gasteiger partial charge in [0.15, 0.2) is 5.78 Å². The van der Waals surface area contributed by atoms with Crippen molar-refractivity contribution in [2.45, 2.75) is 19.8 Å². The number of Topliss-reactive ketones (excluding diaryl/α,β-unsaturated/α-hetero) is 1. The SMILES string of the molecule is COC(=O)C1=CC(C)(C(=O)OC)CCC1=O. The second-order valence-electron chi connectivity index (χ2n) is 3.88. The van der Waals surface area contributed by atoms with Gasteiger partial charge in [0.25, 0.3) is 0 Å². The van der Waals surface area contributed by atoms with Crippen molar-refractivity contribution >= 4 is 17.7 Å². The molecule has 5 nitrogen and oxygen atoms in total. The molecule has 0 radical (unpaired) electrons. The van der Waals surface area contributed by atoms with Crippen LogP contribution in [-0.2, 0) is 23.9 Å². The largest absolute Gasteiger partial charge is 0.468 e. The molecular weight excluding hydrogens is 212 g/mol. The molecule has 0 bridgehead atoms. The van der Waals surface area contributed by atoms with Crippen molar-refractivity contribution in [3.05, 3.63) is 11.6 Å². The molecule has 0 saturated heterocycles. The first kappa shape index (κ1) is 12.4. The fraction of sp³-hybridized carbons (Fsp3) is 0.545. The van der Waals surface area contributed by atoms with Gasteiger partial charge in [-0.15, -0.1) is 0 Å². The van der Waals surface area contributed by atoms with Crippen LogP contribution in [0.3, 0.4) is 0 Å². The first-order chi connectivity index (χ1) is 7.44. The number of carbonyl (C=O) groups excluding carboxylic acids is 3. The lowest BCUT2D eigenvalue weighted by atomic mass is 9.77. The molecule has 1 aliphatic rings. The highest BCUT2D eigenvalue weighted by Crippen LogP contribution is 2.33. The van der Waals surface area contributed by atoms with Crippen LogP contribution in [0, 0.1) is 5.41 Å². The normalized spacial score (nSPS) is 24.7. The molecule has 0 aromatic carbocycles. The maximum atomic E-state index is 11.5. The fourth-order valence-electron chi connectivity index (χ4n) is 1.66. The van der Waals surface area contributed by atoms with E-state index in [2.05, 4.69) is 9.47 Å². The van der Waals surface area contributed by atoms with Crippen molar-refractivity contribution in [2.24, 2.45) is 5.41 Å². The van der Waals surface area contributed by atoms with Crippen molar-refractivity contribution in [3.8, 4) is 0 Å². The standard InChI is InChI=1S/C11H14O5/c1-11(10(14)16-3)5-4-8(12)7(6-11)9(13)15-2/h6H,4-5H2,1-3H3. The van der Waals surface area contributed by atoms with Crippen LogP contribution in [0.25, 0.3) is 0 Å². The molecule has 5 heteroatoms. The van der Waals surface area contributed by atoms with E-state index in [0.29, 0.717) is 6.42 Å². The van der Waals surface area contributed by atoms with E-state index in [4.69, 9.17) is 0 Å². The maximum Gasteiger partial charge on any atom is 0.341 e. The lowest BCUT2D eigenvalue weighted by molar-refractivity contribution is -0.149. The van der Waals surface area contributed by atoms with E-state index in [-0.39, 0.29) is 17.8 Å². The van der Waals surface area contributed by atoms with Crippen LogP contribution in [-0.4, -0.2) is 31.9 Å². The van der Waals surface area contributed by atoms with Gasteiger partial charge >= 0.3 is 11.9 Å². The van der Waals surface area contributed by atoms with Gasteiger partial charge in [0.05, 0.1) is 25.2 Å². The molecular formula is C11H14O5. The summed E-state index contributed by atoms with van der Waals surface area (Å²) in [6.45, 7) is 1.63. The number of hydrogen-bond donors (Lipinski definition) is 0. The number of ether oxygens (including phenoxy) is 2. The minimum atomic E-state index is -0.924. The monoisotopic (exact) mass is 226 g/mol. The van der Waals surface area contributed by atoms with E-state index in [1.165, 1.54) is 20.3 Å². The molecule has 0 aromatic rings. The molecule has 0 spiro atoms.